The van der Waals surface area contributed by atoms with Crippen LogP contribution in [0.2, 0.25) is 0 Å². The van der Waals surface area contributed by atoms with Crippen LogP contribution in [-0.4, -0.2) is 0 Å². The van der Waals surface area contributed by atoms with Crippen molar-refractivity contribution >= 4 is 0 Å². The number of aryl methyl sites for hydroxylation is 1. The maximum Gasteiger partial charge on any atom is 0.207 e. The molecule has 1 aromatic heterocycles. The Morgan fingerprint density at radius 2 is 2.14 bits per heavy atom. The van der Waals surface area contributed by atoms with E-state index in [9.17, 15) is 5.21 Å². The first-order chi connectivity index (χ1) is 6.74. The van der Waals surface area contributed by atoms with E-state index >= 15 is 0 Å². The summed E-state index contributed by atoms with van der Waals surface area (Å²) in [4.78, 5) is 0. The average molecular weight is 188 g/mol. The normalized spacial score (nSPS) is 14.6. The van der Waals surface area contributed by atoms with Crippen LogP contribution in [0.1, 0.15) is 35.2 Å². The summed E-state index contributed by atoms with van der Waals surface area (Å²) in [5.41, 5.74) is 3.29. The first kappa shape index (κ1) is 9.01. The van der Waals surface area contributed by atoms with E-state index in [1.807, 2.05) is 0 Å². The van der Waals surface area contributed by atoms with Crippen LogP contribution in [0.5, 0.6) is 0 Å². The molecule has 0 saturated heterocycles. The molecule has 1 aliphatic rings. The molecular formula is C11H12N2O. The number of pyridine rings is 1. The average Bonchev–Trinajstić information content (AvgIpc) is 2.20. The second-order valence-corrected chi connectivity index (χ2v) is 3.74. The Morgan fingerprint density at radius 3 is 2.86 bits per heavy atom. The summed E-state index contributed by atoms with van der Waals surface area (Å²) in [6, 6.07) is 2.14. The number of aromatic nitrogens is 1. The third-order valence-electron chi connectivity index (χ3n) is 2.89. The monoisotopic (exact) mass is 188 g/mol. The van der Waals surface area contributed by atoms with E-state index in [1.165, 1.54) is 0 Å². The largest absolute Gasteiger partial charge is 0.618 e. The summed E-state index contributed by atoms with van der Waals surface area (Å²) >= 11 is 0. The highest BCUT2D eigenvalue weighted by Gasteiger charge is 2.20. The zero-order valence-electron chi connectivity index (χ0n) is 8.21. The molecule has 0 aromatic carbocycles. The van der Waals surface area contributed by atoms with Crippen molar-refractivity contribution < 1.29 is 4.73 Å². The Labute approximate surface area is 83.2 Å². The molecule has 0 N–H and O–H groups in total. The van der Waals surface area contributed by atoms with Gasteiger partial charge in [0.05, 0.1) is 0 Å². The molecule has 0 bridgehead atoms. The molecule has 14 heavy (non-hydrogen) atoms. The van der Waals surface area contributed by atoms with Crippen molar-refractivity contribution in [2.75, 3.05) is 0 Å². The Balaban J connectivity index is 2.67. The Bertz CT molecular complexity index is 418. The van der Waals surface area contributed by atoms with Gasteiger partial charge in [0.2, 0.25) is 5.69 Å². The number of rotatable bonds is 0. The molecule has 1 aliphatic carbocycles. The lowest BCUT2D eigenvalue weighted by atomic mass is 9.89. The molecule has 0 spiro atoms. The number of hydrogen-bond acceptors (Lipinski definition) is 2. The van der Waals surface area contributed by atoms with E-state index in [0.717, 1.165) is 41.5 Å². The standard InChI is InChI=1S/C11H12N2O/c1-8-11(6-12)10-5-3-2-4-9(10)7-13(8)14/h7H,2-5H2,1H3. The maximum absolute atomic E-state index is 11.4. The van der Waals surface area contributed by atoms with Crippen LogP contribution in [0.25, 0.3) is 0 Å². The molecule has 1 heterocycles. The van der Waals surface area contributed by atoms with Crippen molar-refractivity contribution in [2.45, 2.75) is 32.6 Å². The van der Waals surface area contributed by atoms with Crippen molar-refractivity contribution in [3.8, 4) is 6.07 Å². The maximum atomic E-state index is 11.4. The lowest BCUT2D eigenvalue weighted by Gasteiger charge is -2.16. The van der Waals surface area contributed by atoms with Crippen LogP contribution in [0, 0.1) is 23.5 Å². The molecule has 0 radical (unpaired) electrons. The van der Waals surface area contributed by atoms with Crippen LogP contribution in [0.15, 0.2) is 6.20 Å². The summed E-state index contributed by atoms with van der Waals surface area (Å²) < 4.78 is 0.822. The lowest BCUT2D eigenvalue weighted by molar-refractivity contribution is -0.613. The third kappa shape index (κ3) is 1.24. The molecule has 0 amide bonds. The van der Waals surface area contributed by atoms with Gasteiger partial charge in [-0.3, -0.25) is 0 Å². The summed E-state index contributed by atoms with van der Waals surface area (Å²) in [5.74, 6) is 0. The van der Waals surface area contributed by atoms with E-state index in [0.29, 0.717) is 11.3 Å². The number of nitriles is 1. The fourth-order valence-electron chi connectivity index (χ4n) is 2.07. The Kier molecular flexibility index (Phi) is 2.12. The second kappa shape index (κ2) is 3.30. The highest BCUT2D eigenvalue weighted by molar-refractivity contribution is 5.43. The van der Waals surface area contributed by atoms with Gasteiger partial charge in [-0.2, -0.15) is 9.99 Å². The molecule has 0 aliphatic heterocycles. The first-order valence-electron chi connectivity index (χ1n) is 4.88. The third-order valence-corrected chi connectivity index (χ3v) is 2.89. The van der Waals surface area contributed by atoms with Gasteiger partial charge < -0.3 is 5.21 Å². The van der Waals surface area contributed by atoms with E-state index in [-0.39, 0.29) is 0 Å². The summed E-state index contributed by atoms with van der Waals surface area (Å²) in [7, 11) is 0. The number of nitrogens with zero attached hydrogens (tertiary/aromatic N) is 2. The SMILES string of the molecule is Cc1c(C#N)c2c(c[n+]1[O-])CCCC2. The molecule has 3 heteroatoms. The minimum atomic E-state index is 0.535. The minimum absolute atomic E-state index is 0.535. The smallest absolute Gasteiger partial charge is 0.207 e. The predicted molar refractivity (Wildman–Crippen MR) is 51.5 cm³/mol. The van der Waals surface area contributed by atoms with E-state index in [4.69, 9.17) is 5.26 Å². The summed E-state index contributed by atoms with van der Waals surface area (Å²) in [5, 5.41) is 20.4. The number of hydrogen-bond donors (Lipinski definition) is 0. The van der Waals surface area contributed by atoms with Gasteiger partial charge in [-0.15, -0.1) is 0 Å². The molecule has 0 fully saturated rings. The van der Waals surface area contributed by atoms with Gasteiger partial charge in [-0.25, -0.2) is 0 Å². The van der Waals surface area contributed by atoms with Gasteiger partial charge in [0.15, 0.2) is 6.20 Å². The minimum Gasteiger partial charge on any atom is -0.618 e. The van der Waals surface area contributed by atoms with Crippen LogP contribution in [0.4, 0.5) is 0 Å². The summed E-state index contributed by atoms with van der Waals surface area (Å²) in [6.45, 7) is 1.71. The highest BCUT2D eigenvalue weighted by Crippen LogP contribution is 2.23. The molecule has 0 unspecified atom stereocenters. The van der Waals surface area contributed by atoms with Gasteiger partial charge in [-0.1, -0.05) is 0 Å². The molecule has 0 saturated carbocycles. The van der Waals surface area contributed by atoms with Crippen molar-refractivity contribution in [2.24, 2.45) is 0 Å². The fourth-order valence-corrected chi connectivity index (χ4v) is 2.07. The molecule has 0 atom stereocenters. The zero-order chi connectivity index (χ0) is 10.1. The quantitative estimate of drug-likeness (QED) is 0.456. The van der Waals surface area contributed by atoms with Crippen molar-refractivity contribution in [3.05, 3.63) is 33.8 Å². The second-order valence-electron chi connectivity index (χ2n) is 3.74. The van der Waals surface area contributed by atoms with Crippen LogP contribution < -0.4 is 4.73 Å². The molecule has 3 nitrogen and oxygen atoms in total. The van der Waals surface area contributed by atoms with E-state index in [2.05, 4.69) is 6.07 Å². The zero-order valence-corrected chi connectivity index (χ0v) is 8.21. The van der Waals surface area contributed by atoms with Crippen molar-refractivity contribution in [3.63, 3.8) is 0 Å². The van der Waals surface area contributed by atoms with Gasteiger partial charge >= 0.3 is 0 Å². The van der Waals surface area contributed by atoms with Crippen molar-refractivity contribution in [1.82, 2.24) is 0 Å². The Hall–Kier alpha value is -1.56. The predicted octanol–water partition coefficient (Wildman–Crippen LogP) is 1.38. The van der Waals surface area contributed by atoms with Gasteiger partial charge in [0.25, 0.3) is 0 Å². The summed E-state index contributed by atoms with van der Waals surface area (Å²) in [6.07, 6.45) is 5.77. The number of fused-ring (bicyclic) bond motifs is 1. The molecule has 2 rings (SSSR count). The Morgan fingerprint density at radius 1 is 1.43 bits per heavy atom. The lowest BCUT2D eigenvalue weighted by Crippen LogP contribution is -2.33. The van der Waals surface area contributed by atoms with Crippen LogP contribution in [0.3, 0.4) is 0 Å². The highest BCUT2D eigenvalue weighted by atomic mass is 16.5. The van der Waals surface area contributed by atoms with Gasteiger partial charge in [0.1, 0.15) is 11.6 Å². The van der Waals surface area contributed by atoms with Gasteiger partial charge in [-0.05, 0) is 31.2 Å². The van der Waals surface area contributed by atoms with Crippen molar-refractivity contribution in [1.29, 1.82) is 5.26 Å². The topological polar surface area (TPSA) is 50.7 Å². The molecule has 72 valence electrons. The van der Waals surface area contributed by atoms with E-state index in [1.54, 1.807) is 13.1 Å². The van der Waals surface area contributed by atoms with Gasteiger partial charge in [0, 0.05) is 12.5 Å². The fraction of sp³-hybridized carbons (Fsp3) is 0.455. The van der Waals surface area contributed by atoms with Crippen LogP contribution >= 0.6 is 0 Å². The van der Waals surface area contributed by atoms with E-state index < -0.39 is 0 Å². The molecule has 1 aromatic rings. The first-order valence-corrected chi connectivity index (χ1v) is 4.88. The van der Waals surface area contributed by atoms with Crippen LogP contribution in [-0.2, 0) is 12.8 Å². The molecular weight excluding hydrogens is 176 g/mol.